The molecule has 3 rings (SSSR count). The average Bonchev–Trinajstić information content (AvgIpc) is 3.30. The van der Waals surface area contributed by atoms with E-state index in [2.05, 4.69) is 10.2 Å². The van der Waals surface area contributed by atoms with Crippen LogP contribution in [0.25, 0.3) is 6.08 Å². The van der Waals surface area contributed by atoms with Gasteiger partial charge in [0.15, 0.2) is 11.5 Å². The zero-order valence-electron chi connectivity index (χ0n) is 18.9. The SMILES string of the molecule is COc1cc(C=C2SC(=O)NC2=O)c(N2CCC(CN(C(=O)O)C(C)(C)C)C2)cc1OC. The molecule has 2 aliphatic rings. The van der Waals surface area contributed by atoms with Crippen LogP contribution in [0.1, 0.15) is 32.8 Å². The number of carboxylic acid groups (broad SMARTS) is 1. The van der Waals surface area contributed by atoms with Crippen molar-refractivity contribution >= 4 is 40.8 Å². The van der Waals surface area contributed by atoms with Crippen molar-refractivity contribution in [2.45, 2.75) is 32.7 Å². The van der Waals surface area contributed by atoms with Crippen molar-refractivity contribution in [3.8, 4) is 11.5 Å². The number of nitrogens with one attached hydrogen (secondary N) is 1. The molecule has 0 aliphatic carbocycles. The fourth-order valence-corrected chi connectivity index (χ4v) is 4.61. The van der Waals surface area contributed by atoms with Crippen molar-refractivity contribution < 1.29 is 29.0 Å². The second-order valence-corrected chi connectivity index (χ2v) is 9.80. The molecule has 1 aromatic carbocycles. The zero-order chi connectivity index (χ0) is 23.6. The van der Waals surface area contributed by atoms with Crippen LogP contribution in [0.4, 0.5) is 15.3 Å². The van der Waals surface area contributed by atoms with Gasteiger partial charge in [0.05, 0.1) is 19.1 Å². The van der Waals surface area contributed by atoms with Gasteiger partial charge in [0.25, 0.3) is 11.1 Å². The van der Waals surface area contributed by atoms with Gasteiger partial charge in [-0.25, -0.2) is 4.79 Å². The summed E-state index contributed by atoms with van der Waals surface area (Å²) in [5, 5.41) is 11.5. The molecule has 32 heavy (non-hydrogen) atoms. The minimum absolute atomic E-state index is 0.157. The first-order valence-corrected chi connectivity index (χ1v) is 11.1. The Morgan fingerprint density at radius 2 is 1.94 bits per heavy atom. The van der Waals surface area contributed by atoms with Crippen molar-refractivity contribution in [2.75, 3.05) is 38.8 Å². The summed E-state index contributed by atoms with van der Waals surface area (Å²) in [6.45, 7) is 7.48. The summed E-state index contributed by atoms with van der Waals surface area (Å²) in [6.07, 6.45) is 1.58. The smallest absolute Gasteiger partial charge is 0.407 e. The Hall–Kier alpha value is -2.88. The molecule has 0 saturated carbocycles. The first-order valence-electron chi connectivity index (χ1n) is 10.3. The number of carbonyl (C=O) groups excluding carboxylic acids is 2. The molecule has 2 N–H and O–H groups in total. The highest BCUT2D eigenvalue weighted by atomic mass is 32.2. The van der Waals surface area contributed by atoms with Gasteiger partial charge < -0.3 is 24.4 Å². The van der Waals surface area contributed by atoms with Gasteiger partial charge in [-0.1, -0.05) is 0 Å². The number of imide groups is 1. The van der Waals surface area contributed by atoms with E-state index < -0.39 is 22.8 Å². The highest BCUT2D eigenvalue weighted by Crippen LogP contribution is 2.39. The second kappa shape index (κ2) is 9.32. The molecule has 3 amide bonds. The van der Waals surface area contributed by atoms with Crippen LogP contribution in [0.2, 0.25) is 0 Å². The highest BCUT2D eigenvalue weighted by molar-refractivity contribution is 8.18. The number of anilines is 1. The zero-order valence-corrected chi connectivity index (χ0v) is 19.7. The molecular weight excluding hydrogens is 434 g/mol. The maximum absolute atomic E-state index is 12.1. The normalized spacial score (nSPS) is 20.0. The number of rotatable bonds is 6. The molecule has 2 fully saturated rings. The lowest BCUT2D eigenvalue weighted by atomic mass is 10.0. The van der Waals surface area contributed by atoms with Crippen LogP contribution in [-0.4, -0.2) is 66.6 Å². The van der Waals surface area contributed by atoms with Gasteiger partial charge in [-0.2, -0.15) is 0 Å². The summed E-state index contributed by atoms with van der Waals surface area (Å²) in [4.78, 5) is 39.4. The number of hydrogen-bond donors (Lipinski definition) is 2. The molecule has 0 aromatic heterocycles. The van der Waals surface area contributed by atoms with E-state index in [0.29, 0.717) is 29.5 Å². The summed E-state index contributed by atoms with van der Waals surface area (Å²) >= 11 is 0.857. The lowest BCUT2D eigenvalue weighted by Gasteiger charge is -2.35. The molecule has 9 nitrogen and oxygen atoms in total. The van der Waals surface area contributed by atoms with Gasteiger partial charge >= 0.3 is 6.09 Å². The van der Waals surface area contributed by atoms with Crippen molar-refractivity contribution in [1.29, 1.82) is 0 Å². The van der Waals surface area contributed by atoms with E-state index in [0.717, 1.165) is 36.0 Å². The Morgan fingerprint density at radius 3 is 2.47 bits per heavy atom. The van der Waals surface area contributed by atoms with E-state index in [-0.39, 0.29) is 5.92 Å². The van der Waals surface area contributed by atoms with E-state index in [1.165, 1.54) is 12.0 Å². The molecular formula is C22H29N3O6S. The van der Waals surface area contributed by atoms with Crippen LogP contribution in [0, 0.1) is 5.92 Å². The molecule has 174 valence electrons. The topological polar surface area (TPSA) is 108 Å². The Kier molecular flexibility index (Phi) is 6.92. The minimum Gasteiger partial charge on any atom is -0.493 e. The minimum atomic E-state index is -0.929. The highest BCUT2D eigenvalue weighted by Gasteiger charge is 2.33. The maximum Gasteiger partial charge on any atom is 0.407 e. The van der Waals surface area contributed by atoms with E-state index in [4.69, 9.17) is 9.47 Å². The van der Waals surface area contributed by atoms with Gasteiger partial charge in [0.1, 0.15) is 0 Å². The predicted molar refractivity (Wildman–Crippen MR) is 123 cm³/mol. The molecule has 2 aliphatic heterocycles. The number of amides is 3. The lowest BCUT2D eigenvalue weighted by Crippen LogP contribution is -2.47. The molecule has 2 saturated heterocycles. The summed E-state index contributed by atoms with van der Waals surface area (Å²) < 4.78 is 10.9. The standard InChI is InChI=1S/C22H29N3O6S/c1-22(2,3)25(21(28)29)12-13-6-7-24(11-13)15-10-17(31-5)16(30-4)8-14(15)9-18-19(26)23-20(27)32-18/h8-10,13H,6-7,11-12H2,1-5H3,(H,28,29)(H,23,26,27). The molecule has 1 aromatic rings. The number of carbonyl (C=O) groups is 3. The fraction of sp³-hybridized carbons (Fsp3) is 0.500. The van der Waals surface area contributed by atoms with Crippen LogP contribution in [0.15, 0.2) is 17.0 Å². The van der Waals surface area contributed by atoms with Gasteiger partial charge in [0, 0.05) is 42.5 Å². The van der Waals surface area contributed by atoms with Gasteiger partial charge in [-0.15, -0.1) is 0 Å². The number of hydrogen-bond acceptors (Lipinski definition) is 7. The number of thioether (sulfide) groups is 1. The second-order valence-electron chi connectivity index (χ2n) is 8.78. The van der Waals surface area contributed by atoms with Crippen molar-refractivity contribution in [1.82, 2.24) is 10.2 Å². The van der Waals surface area contributed by atoms with Crippen molar-refractivity contribution in [2.24, 2.45) is 5.92 Å². The number of benzene rings is 1. The fourth-order valence-electron chi connectivity index (χ4n) is 3.93. The third-order valence-electron chi connectivity index (χ3n) is 5.57. The summed E-state index contributed by atoms with van der Waals surface area (Å²) in [7, 11) is 3.09. The van der Waals surface area contributed by atoms with Crippen LogP contribution in [-0.2, 0) is 4.79 Å². The van der Waals surface area contributed by atoms with Crippen molar-refractivity contribution in [3.63, 3.8) is 0 Å². The molecule has 0 spiro atoms. The Morgan fingerprint density at radius 1 is 1.28 bits per heavy atom. The number of ether oxygens (including phenoxy) is 2. The molecule has 0 bridgehead atoms. The Bertz CT molecular complexity index is 956. The number of methoxy groups -OCH3 is 2. The molecule has 2 heterocycles. The largest absolute Gasteiger partial charge is 0.493 e. The third kappa shape index (κ3) is 5.12. The molecule has 0 radical (unpaired) electrons. The van der Waals surface area contributed by atoms with Crippen LogP contribution in [0.3, 0.4) is 0 Å². The summed E-state index contributed by atoms with van der Waals surface area (Å²) in [5.41, 5.74) is 1.07. The quantitative estimate of drug-likeness (QED) is 0.616. The molecule has 1 unspecified atom stereocenters. The summed E-state index contributed by atoms with van der Waals surface area (Å²) in [6, 6.07) is 3.63. The average molecular weight is 464 g/mol. The number of nitrogens with zero attached hydrogens (tertiary/aromatic N) is 2. The predicted octanol–water partition coefficient (Wildman–Crippen LogP) is 3.63. The van der Waals surface area contributed by atoms with Gasteiger partial charge in [-0.05, 0) is 57.0 Å². The van der Waals surface area contributed by atoms with Crippen LogP contribution >= 0.6 is 11.8 Å². The van der Waals surface area contributed by atoms with E-state index in [1.807, 2.05) is 26.8 Å². The van der Waals surface area contributed by atoms with E-state index in [9.17, 15) is 19.5 Å². The van der Waals surface area contributed by atoms with Crippen LogP contribution < -0.4 is 19.7 Å². The first-order chi connectivity index (χ1) is 15.0. The van der Waals surface area contributed by atoms with Gasteiger partial charge in [-0.3, -0.25) is 14.9 Å². The molecule has 10 heteroatoms. The van der Waals surface area contributed by atoms with Gasteiger partial charge in [0.2, 0.25) is 0 Å². The first kappa shape index (κ1) is 23.8. The monoisotopic (exact) mass is 463 g/mol. The Balaban J connectivity index is 1.91. The lowest BCUT2D eigenvalue weighted by molar-refractivity contribution is -0.115. The van der Waals surface area contributed by atoms with Crippen molar-refractivity contribution in [3.05, 3.63) is 22.6 Å². The maximum atomic E-state index is 12.1. The van der Waals surface area contributed by atoms with E-state index >= 15 is 0 Å². The van der Waals surface area contributed by atoms with Crippen LogP contribution in [0.5, 0.6) is 11.5 Å². The third-order valence-corrected chi connectivity index (χ3v) is 6.38. The summed E-state index contributed by atoms with van der Waals surface area (Å²) in [5.74, 6) is 0.792. The van der Waals surface area contributed by atoms with E-state index in [1.54, 1.807) is 19.3 Å². The molecule has 1 atom stereocenters. The Labute approximate surface area is 191 Å².